The number of likely N-dealkylation sites (tertiary alicyclic amines) is 1. The lowest BCUT2D eigenvalue weighted by Crippen LogP contribution is -2.45. The Hall–Kier alpha value is -1.21. The summed E-state index contributed by atoms with van der Waals surface area (Å²) < 4.78 is 36.8. The summed E-state index contributed by atoms with van der Waals surface area (Å²) >= 11 is 0. The van der Waals surface area contributed by atoms with Gasteiger partial charge in [-0.05, 0) is 32.9 Å². The Labute approximate surface area is 116 Å². The van der Waals surface area contributed by atoms with Gasteiger partial charge >= 0.3 is 6.18 Å². The number of nitrogens with one attached hydrogen (secondary N) is 1. The molecule has 1 fully saturated rings. The van der Waals surface area contributed by atoms with Gasteiger partial charge in [0.25, 0.3) is 0 Å². The number of hydrogen-bond acceptors (Lipinski definition) is 4. The van der Waals surface area contributed by atoms with Crippen molar-refractivity contribution >= 4 is 0 Å². The zero-order valence-electron chi connectivity index (χ0n) is 11.5. The predicted molar refractivity (Wildman–Crippen MR) is 69.1 cm³/mol. The molecule has 0 amide bonds. The summed E-state index contributed by atoms with van der Waals surface area (Å²) in [5, 5.41) is 3.33. The molecule has 1 aromatic heterocycles. The van der Waals surface area contributed by atoms with Crippen LogP contribution in [0, 0.1) is 6.92 Å². The Bertz CT molecular complexity index is 411. The van der Waals surface area contributed by atoms with E-state index in [0.29, 0.717) is 19.6 Å². The maximum atomic E-state index is 12.3. The van der Waals surface area contributed by atoms with Gasteiger partial charge in [-0.2, -0.15) is 13.2 Å². The van der Waals surface area contributed by atoms with E-state index in [2.05, 4.69) is 15.3 Å². The van der Waals surface area contributed by atoms with Crippen molar-refractivity contribution in [3.8, 4) is 0 Å². The van der Waals surface area contributed by atoms with Crippen LogP contribution >= 0.6 is 0 Å². The summed E-state index contributed by atoms with van der Waals surface area (Å²) in [4.78, 5) is 9.86. The largest absolute Gasteiger partial charge is 0.401 e. The van der Waals surface area contributed by atoms with E-state index >= 15 is 0 Å². The smallest absolute Gasteiger partial charge is 0.308 e. The summed E-state index contributed by atoms with van der Waals surface area (Å²) in [7, 11) is 0. The lowest BCUT2D eigenvalue weighted by Gasteiger charge is -2.32. The topological polar surface area (TPSA) is 41.1 Å². The standard InChI is InChI=1S/C13H19F3N4/c1-10-6-18-12(7-17-10)8-19-11-2-4-20(5-3-11)9-13(14,15)16/h6-7,11,19H,2-5,8-9H2,1H3. The zero-order chi connectivity index (χ0) is 14.6. The molecule has 1 aromatic rings. The number of alkyl halides is 3. The Morgan fingerprint density at radius 2 is 1.95 bits per heavy atom. The number of aromatic nitrogens is 2. The van der Waals surface area contributed by atoms with Crippen molar-refractivity contribution in [3.63, 3.8) is 0 Å². The number of hydrogen-bond donors (Lipinski definition) is 1. The molecule has 0 radical (unpaired) electrons. The number of nitrogens with zero attached hydrogens (tertiary/aromatic N) is 3. The van der Waals surface area contributed by atoms with Crippen LogP contribution in [-0.2, 0) is 6.54 Å². The molecular formula is C13H19F3N4. The zero-order valence-corrected chi connectivity index (χ0v) is 11.5. The lowest BCUT2D eigenvalue weighted by molar-refractivity contribution is -0.148. The fraction of sp³-hybridized carbons (Fsp3) is 0.692. The lowest BCUT2D eigenvalue weighted by atomic mass is 10.0. The Balaban J connectivity index is 1.70. The van der Waals surface area contributed by atoms with Gasteiger partial charge in [0.1, 0.15) is 0 Å². The van der Waals surface area contributed by atoms with E-state index in [1.807, 2.05) is 6.92 Å². The molecule has 0 unspecified atom stereocenters. The molecule has 1 aliphatic heterocycles. The van der Waals surface area contributed by atoms with Gasteiger partial charge in [0.2, 0.25) is 0 Å². The monoisotopic (exact) mass is 288 g/mol. The third-order valence-corrected chi connectivity index (χ3v) is 3.40. The summed E-state index contributed by atoms with van der Waals surface area (Å²) in [5.41, 5.74) is 1.72. The molecule has 112 valence electrons. The number of rotatable bonds is 4. The quantitative estimate of drug-likeness (QED) is 0.919. The second-order valence-electron chi connectivity index (χ2n) is 5.20. The van der Waals surface area contributed by atoms with Crippen LogP contribution in [0.25, 0.3) is 0 Å². The van der Waals surface area contributed by atoms with Gasteiger partial charge in [-0.3, -0.25) is 14.9 Å². The summed E-state index contributed by atoms with van der Waals surface area (Å²) in [6.45, 7) is 2.65. The average Bonchev–Trinajstić information content (AvgIpc) is 2.38. The second kappa shape index (κ2) is 6.49. The molecule has 1 aliphatic rings. The molecule has 1 saturated heterocycles. The van der Waals surface area contributed by atoms with Crippen molar-refractivity contribution in [2.24, 2.45) is 0 Å². The van der Waals surface area contributed by atoms with Crippen LogP contribution in [0.3, 0.4) is 0 Å². The van der Waals surface area contributed by atoms with Gasteiger partial charge in [0.15, 0.2) is 0 Å². The molecule has 2 heterocycles. The van der Waals surface area contributed by atoms with Gasteiger partial charge in [-0.25, -0.2) is 0 Å². The summed E-state index contributed by atoms with van der Waals surface area (Å²) in [6.07, 6.45) is 0.798. The van der Waals surface area contributed by atoms with Crippen LogP contribution in [-0.4, -0.2) is 46.7 Å². The first-order chi connectivity index (χ1) is 9.42. The third-order valence-electron chi connectivity index (χ3n) is 3.40. The molecule has 20 heavy (non-hydrogen) atoms. The predicted octanol–water partition coefficient (Wildman–Crippen LogP) is 1.90. The van der Waals surface area contributed by atoms with Crippen LogP contribution in [0.2, 0.25) is 0 Å². The molecule has 0 spiro atoms. The normalized spacial score (nSPS) is 18.4. The average molecular weight is 288 g/mol. The van der Waals surface area contributed by atoms with Crippen LogP contribution in [0.5, 0.6) is 0 Å². The fourth-order valence-electron chi connectivity index (χ4n) is 2.31. The summed E-state index contributed by atoms with van der Waals surface area (Å²) in [5.74, 6) is 0. The first-order valence-corrected chi connectivity index (χ1v) is 6.72. The molecule has 0 atom stereocenters. The molecule has 2 rings (SSSR count). The van der Waals surface area contributed by atoms with E-state index < -0.39 is 12.7 Å². The minimum absolute atomic E-state index is 0.252. The van der Waals surface area contributed by atoms with Crippen LogP contribution in [0.1, 0.15) is 24.2 Å². The molecule has 7 heteroatoms. The van der Waals surface area contributed by atoms with Gasteiger partial charge in [-0.1, -0.05) is 0 Å². The van der Waals surface area contributed by atoms with Gasteiger partial charge < -0.3 is 5.32 Å². The molecule has 0 aromatic carbocycles. The number of halogens is 3. The molecule has 0 saturated carbocycles. The van der Waals surface area contributed by atoms with E-state index in [4.69, 9.17) is 0 Å². The van der Waals surface area contributed by atoms with Gasteiger partial charge in [0, 0.05) is 25.0 Å². The van der Waals surface area contributed by atoms with Crippen molar-refractivity contribution < 1.29 is 13.2 Å². The summed E-state index contributed by atoms with van der Waals surface area (Å²) in [6, 6.07) is 0.252. The van der Waals surface area contributed by atoms with Crippen molar-refractivity contribution in [2.45, 2.75) is 38.5 Å². The molecular weight excluding hydrogens is 269 g/mol. The highest BCUT2D eigenvalue weighted by molar-refractivity contribution is 5.00. The number of aryl methyl sites for hydroxylation is 1. The minimum Gasteiger partial charge on any atom is -0.308 e. The van der Waals surface area contributed by atoms with E-state index in [-0.39, 0.29) is 6.04 Å². The highest BCUT2D eigenvalue weighted by Crippen LogP contribution is 2.19. The molecule has 0 bridgehead atoms. The van der Waals surface area contributed by atoms with Gasteiger partial charge in [-0.15, -0.1) is 0 Å². The maximum Gasteiger partial charge on any atom is 0.401 e. The number of piperidine rings is 1. The first kappa shape index (κ1) is 15.2. The SMILES string of the molecule is Cc1cnc(CNC2CCN(CC(F)(F)F)CC2)cn1. The fourth-order valence-corrected chi connectivity index (χ4v) is 2.31. The van der Waals surface area contributed by atoms with Crippen LogP contribution in [0.4, 0.5) is 13.2 Å². The van der Waals surface area contributed by atoms with E-state index in [1.54, 1.807) is 12.4 Å². The van der Waals surface area contributed by atoms with Crippen molar-refractivity contribution in [1.29, 1.82) is 0 Å². The Morgan fingerprint density at radius 1 is 1.25 bits per heavy atom. The highest BCUT2D eigenvalue weighted by Gasteiger charge is 2.32. The third kappa shape index (κ3) is 5.05. The van der Waals surface area contributed by atoms with Crippen molar-refractivity contribution in [2.75, 3.05) is 19.6 Å². The maximum absolute atomic E-state index is 12.3. The highest BCUT2D eigenvalue weighted by atomic mass is 19.4. The Morgan fingerprint density at radius 3 is 2.50 bits per heavy atom. The van der Waals surface area contributed by atoms with E-state index in [9.17, 15) is 13.2 Å². The second-order valence-corrected chi connectivity index (χ2v) is 5.20. The minimum atomic E-state index is -4.10. The van der Waals surface area contributed by atoms with Crippen molar-refractivity contribution in [1.82, 2.24) is 20.2 Å². The molecule has 0 aliphatic carbocycles. The van der Waals surface area contributed by atoms with E-state index in [0.717, 1.165) is 24.2 Å². The molecule has 1 N–H and O–H groups in total. The molecule has 4 nitrogen and oxygen atoms in total. The van der Waals surface area contributed by atoms with Crippen LogP contribution in [0.15, 0.2) is 12.4 Å². The first-order valence-electron chi connectivity index (χ1n) is 6.72. The van der Waals surface area contributed by atoms with Crippen LogP contribution < -0.4 is 5.32 Å². The van der Waals surface area contributed by atoms with E-state index in [1.165, 1.54) is 4.90 Å². The van der Waals surface area contributed by atoms with Crippen molar-refractivity contribution in [3.05, 3.63) is 23.8 Å². The Kier molecular flexibility index (Phi) is 4.93. The van der Waals surface area contributed by atoms with Gasteiger partial charge in [0.05, 0.1) is 17.9 Å².